The fraction of sp³-hybridized carbons (Fsp3) is 0.286. The van der Waals surface area contributed by atoms with Gasteiger partial charge in [-0.3, -0.25) is 4.79 Å². The Labute approximate surface area is 125 Å². The molecule has 0 saturated heterocycles. The molecule has 1 amide bonds. The first-order valence-corrected chi connectivity index (χ1v) is 7.18. The highest BCUT2D eigenvalue weighted by atomic mass is 79.9. The first-order valence-electron chi connectivity index (χ1n) is 6.39. The molecule has 1 aliphatic heterocycles. The van der Waals surface area contributed by atoms with Gasteiger partial charge in [0.25, 0.3) is 0 Å². The summed E-state index contributed by atoms with van der Waals surface area (Å²) in [6.07, 6.45) is 0.446. The van der Waals surface area contributed by atoms with Crippen LogP contribution in [0.25, 0.3) is 11.3 Å². The number of aromatic nitrogens is 2. The summed E-state index contributed by atoms with van der Waals surface area (Å²) in [5.41, 5.74) is 4.03. The maximum atomic E-state index is 11.4. The SMILES string of the molecule is CNCc1nc(Br)c(-c2ccc3c(c2)CC(=O)N3)n1C. The summed E-state index contributed by atoms with van der Waals surface area (Å²) in [5, 5.41) is 5.95. The Morgan fingerprint density at radius 3 is 3.05 bits per heavy atom. The highest BCUT2D eigenvalue weighted by molar-refractivity contribution is 9.10. The van der Waals surface area contributed by atoms with Gasteiger partial charge in [0.05, 0.1) is 18.7 Å². The molecule has 0 spiro atoms. The zero-order chi connectivity index (χ0) is 14.3. The summed E-state index contributed by atoms with van der Waals surface area (Å²) in [6.45, 7) is 0.708. The normalized spacial score (nSPS) is 13.4. The van der Waals surface area contributed by atoms with Gasteiger partial charge in [0.15, 0.2) is 0 Å². The first-order chi connectivity index (χ1) is 9.60. The van der Waals surface area contributed by atoms with Gasteiger partial charge in [-0.1, -0.05) is 6.07 Å². The van der Waals surface area contributed by atoms with Gasteiger partial charge >= 0.3 is 0 Å². The van der Waals surface area contributed by atoms with Crippen molar-refractivity contribution in [2.75, 3.05) is 12.4 Å². The molecule has 20 heavy (non-hydrogen) atoms. The van der Waals surface area contributed by atoms with E-state index in [2.05, 4.69) is 42.2 Å². The van der Waals surface area contributed by atoms with Gasteiger partial charge in [-0.05, 0) is 40.7 Å². The van der Waals surface area contributed by atoms with Crippen LogP contribution < -0.4 is 10.6 Å². The van der Waals surface area contributed by atoms with E-state index in [4.69, 9.17) is 0 Å². The van der Waals surface area contributed by atoms with Gasteiger partial charge in [0.2, 0.25) is 5.91 Å². The molecule has 1 aromatic carbocycles. The van der Waals surface area contributed by atoms with Crippen molar-refractivity contribution in [2.24, 2.45) is 7.05 Å². The van der Waals surface area contributed by atoms with Gasteiger partial charge in [-0.15, -0.1) is 0 Å². The number of hydrogen-bond donors (Lipinski definition) is 2. The standard InChI is InChI=1S/C14H15BrN4O/c1-16-7-11-18-14(15)13(19(11)2)8-3-4-10-9(5-8)6-12(20)17-10/h3-5,16H,6-7H2,1-2H3,(H,17,20). The molecular formula is C14H15BrN4O. The van der Waals surface area contributed by atoms with E-state index in [0.717, 1.165) is 32.9 Å². The maximum Gasteiger partial charge on any atom is 0.228 e. The van der Waals surface area contributed by atoms with Crippen molar-refractivity contribution in [2.45, 2.75) is 13.0 Å². The fourth-order valence-corrected chi connectivity index (χ4v) is 3.21. The van der Waals surface area contributed by atoms with Crippen molar-refractivity contribution in [1.29, 1.82) is 0 Å². The van der Waals surface area contributed by atoms with Crippen molar-refractivity contribution in [3.05, 3.63) is 34.2 Å². The van der Waals surface area contributed by atoms with Crippen LogP contribution in [0.1, 0.15) is 11.4 Å². The third-order valence-corrected chi connectivity index (χ3v) is 4.04. The predicted molar refractivity (Wildman–Crippen MR) is 81.4 cm³/mol. The topological polar surface area (TPSA) is 59.0 Å². The van der Waals surface area contributed by atoms with Crippen LogP contribution >= 0.6 is 15.9 Å². The van der Waals surface area contributed by atoms with Crippen molar-refractivity contribution in [3.8, 4) is 11.3 Å². The largest absolute Gasteiger partial charge is 0.329 e. The number of rotatable bonds is 3. The lowest BCUT2D eigenvalue weighted by molar-refractivity contribution is -0.115. The molecule has 0 saturated carbocycles. The number of nitrogens with one attached hydrogen (secondary N) is 2. The van der Waals surface area contributed by atoms with Crippen molar-refractivity contribution in [1.82, 2.24) is 14.9 Å². The molecule has 5 nitrogen and oxygen atoms in total. The van der Waals surface area contributed by atoms with E-state index >= 15 is 0 Å². The van der Waals surface area contributed by atoms with Crippen molar-refractivity contribution in [3.63, 3.8) is 0 Å². The number of carbonyl (C=O) groups is 1. The Bertz CT molecular complexity index is 693. The summed E-state index contributed by atoms with van der Waals surface area (Å²) < 4.78 is 2.88. The second-order valence-electron chi connectivity index (χ2n) is 4.85. The summed E-state index contributed by atoms with van der Waals surface area (Å²) in [5.74, 6) is 1.01. The summed E-state index contributed by atoms with van der Waals surface area (Å²) >= 11 is 3.52. The molecule has 0 unspecified atom stereocenters. The zero-order valence-corrected chi connectivity index (χ0v) is 12.9. The molecule has 3 rings (SSSR count). The second-order valence-corrected chi connectivity index (χ2v) is 5.60. The van der Waals surface area contributed by atoms with E-state index in [1.807, 2.05) is 26.2 Å². The number of hydrogen-bond acceptors (Lipinski definition) is 3. The Morgan fingerprint density at radius 2 is 2.30 bits per heavy atom. The van der Waals surface area contributed by atoms with Crippen LogP contribution in [-0.2, 0) is 24.8 Å². The zero-order valence-electron chi connectivity index (χ0n) is 11.3. The minimum atomic E-state index is 0.0529. The average Bonchev–Trinajstić information content (AvgIpc) is 2.89. The second kappa shape index (κ2) is 5.03. The van der Waals surface area contributed by atoms with E-state index in [1.54, 1.807) is 0 Å². The molecule has 2 heterocycles. The molecule has 104 valence electrons. The van der Waals surface area contributed by atoms with Gasteiger partial charge in [-0.25, -0.2) is 4.98 Å². The number of imidazole rings is 1. The molecule has 1 aliphatic rings. The lowest BCUT2D eigenvalue weighted by atomic mass is 10.1. The molecule has 2 N–H and O–H groups in total. The van der Waals surface area contributed by atoms with E-state index in [9.17, 15) is 4.79 Å². The van der Waals surface area contributed by atoms with Gasteiger partial charge in [-0.2, -0.15) is 0 Å². The maximum absolute atomic E-state index is 11.4. The van der Waals surface area contributed by atoms with Crippen LogP contribution in [0.4, 0.5) is 5.69 Å². The Morgan fingerprint density at radius 1 is 1.50 bits per heavy atom. The van der Waals surface area contributed by atoms with Crippen LogP contribution in [0.3, 0.4) is 0 Å². The van der Waals surface area contributed by atoms with E-state index in [-0.39, 0.29) is 5.91 Å². The number of anilines is 1. The molecule has 1 aromatic heterocycles. The highest BCUT2D eigenvalue weighted by Gasteiger charge is 2.20. The molecule has 0 bridgehead atoms. The number of carbonyl (C=O) groups excluding carboxylic acids is 1. The Hall–Kier alpha value is -1.66. The summed E-state index contributed by atoms with van der Waals surface area (Å²) in [6, 6.07) is 6.01. The summed E-state index contributed by atoms with van der Waals surface area (Å²) in [4.78, 5) is 15.9. The number of benzene rings is 1. The monoisotopic (exact) mass is 334 g/mol. The van der Waals surface area contributed by atoms with E-state index in [1.165, 1.54) is 0 Å². The minimum Gasteiger partial charge on any atom is -0.329 e. The van der Waals surface area contributed by atoms with Crippen LogP contribution in [0.15, 0.2) is 22.8 Å². The lowest BCUT2D eigenvalue weighted by Gasteiger charge is -2.08. The van der Waals surface area contributed by atoms with Gasteiger partial charge in [0, 0.05) is 18.3 Å². The first kappa shape index (κ1) is 13.3. The third-order valence-electron chi connectivity index (χ3n) is 3.48. The molecule has 2 aromatic rings. The lowest BCUT2D eigenvalue weighted by Crippen LogP contribution is -2.10. The number of nitrogens with zero attached hydrogens (tertiary/aromatic N) is 2. The van der Waals surface area contributed by atoms with Crippen LogP contribution in [0.5, 0.6) is 0 Å². The molecule has 6 heteroatoms. The molecule has 0 aliphatic carbocycles. The molecule has 0 radical (unpaired) electrons. The summed E-state index contributed by atoms with van der Waals surface area (Å²) in [7, 11) is 3.89. The van der Waals surface area contributed by atoms with Crippen molar-refractivity contribution >= 4 is 27.5 Å². The number of amides is 1. The Balaban J connectivity index is 2.06. The third kappa shape index (κ3) is 2.14. The quantitative estimate of drug-likeness (QED) is 0.903. The van der Waals surface area contributed by atoms with Crippen LogP contribution in [0.2, 0.25) is 0 Å². The molecule has 0 fully saturated rings. The predicted octanol–water partition coefficient (Wildman–Crippen LogP) is 2.06. The van der Waals surface area contributed by atoms with E-state index in [0.29, 0.717) is 13.0 Å². The van der Waals surface area contributed by atoms with Crippen LogP contribution in [0, 0.1) is 0 Å². The smallest absolute Gasteiger partial charge is 0.228 e. The minimum absolute atomic E-state index is 0.0529. The van der Waals surface area contributed by atoms with Gasteiger partial charge in [0.1, 0.15) is 10.4 Å². The number of halogens is 1. The molecular weight excluding hydrogens is 320 g/mol. The highest BCUT2D eigenvalue weighted by Crippen LogP contribution is 2.33. The van der Waals surface area contributed by atoms with Crippen LogP contribution in [-0.4, -0.2) is 22.5 Å². The fourth-order valence-electron chi connectivity index (χ4n) is 2.51. The Kier molecular flexibility index (Phi) is 3.35. The van der Waals surface area contributed by atoms with Gasteiger partial charge < -0.3 is 15.2 Å². The number of fused-ring (bicyclic) bond motifs is 1. The van der Waals surface area contributed by atoms with Crippen molar-refractivity contribution < 1.29 is 4.79 Å². The average molecular weight is 335 g/mol. The van der Waals surface area contributed by atoms with E-state index < -0.39 is 0 Å². The molecule has 0 atom stereocenters.